The highest BCUT2D eigenvalue weighted by Crippen LogP contribution is 2.19. The summed E-state index contributed by atoms with van der Waals surface area (Å²) in [6, 6.07) is 21.3. The first-order valence-corrected chi connectivity index (χ1v) is 12.2. The van der Waals surface area contributed by atoms with E-state index in [1.165, 1.54) is 11.0 Å². The number of allylic oxidation sites excluding steroid dienone is 1. The fraction of sp³-hybridized carbons (Fsp3) is 0.276. The van der Waals surface area contributed by atoms with Crippen molar-refractivity contribution in [3.63, 3.8) is 0 Å². The Hall–Kier alpha value is -4.01. The lowest BCUT2D eigenvalue weighted by Crippen LogP contribution is -2.49. The summed E-state index contributed by atoms with van der Waals surface area (Å²) in [6.07, 6.45) is 1.61. The summed E-state index contributed by atoms with van der Waals surface area (Å²) in [5.74, 6) is -2.20. The third-order valence-corrected chi connectivity index (χ3v) is 6.01. The maximum atomic E-state index is 13.0. The maximum absolute atomic E-state index is 13.0. The van der Waals surface area contributed by atoms with E-state index in [0.29, 0.717) is 12.2 Å². The van der Waals surface area contributed by atoms with Gasteiger partial charge in [-0.3, -0.25) is 14.4 Å². The molecule has 0 bridgehead atoms. The third kappa shape index (κ3) is 7.99. The van der Waals surface area contributed by atoms with E-state index in [-0.39, 0.29) is 31.9 Å². The Morgan fingerprint density at radius 3 is 2.30 bits per heavy atom. The van der Waals surface area contributed by atoms with Gasteiger partial charge < -0.3 is 25.7 Å². The van der Waals surface area contributed by atoms with Gasteiger partial charge in [0.15, 0.2) is 0 Å². The average molecular weight is 504 g/mol. The first-order chi connectivity index (χ1) is 17.9. The molecule has 3 amide bonds. The first kappa shape index (κ1) is 27.6. The van der Waals surface area contributed by atoms with Crippen LogP contribution in [0.2, 0.25) is 0 Å². The number of nitrogens with one attached hydrogen (secondary N) is 2. The molecule has 3 aromatic carbocycles. The molecular weight excluding hydrogens is 470 g/mol. The molecule has 37 heavy (non-hydrogen) atoms. The second-order valence-corrected chi connectivity index (χ2v) is 8.74. The number of amides is 3. The number of benzene rings is 3. The predicted octanol–water partition coefficient (Wildman–Crippen LogP) is 2.86. The van der Waals surface area contributed by atoms with Crippen LogP contribution in [0.5, 0.6) is 0 Å². The van der Waals surface area contributed by atoms with Gasteiger partial charge in [0.1, 0.15) is 6.04 Å². The average Bonchev–Trinajstić information content (AvgIpc) is 2.91. The zero-order valence-electron chi connectivity index (χ0n) is 20.7. The lowest BCUT2D eigenvalue weighted by molar-refractivity contribution is -0.137. The van der Waals surface area contributed by atoms with E-state index in [1.807, 2.05) is 66.7 Å². The normalized spacial score (nSPS) is 12.4. The topological polar surface area (TPSA) is 119 Å². The minimum atomic E-state index is -1.20. The van der Waals surface area contributed by atoms with Gasteiger partial charge in [0, 0.05) is 25.2 Å². The van der Waals surface area contributed by atoms with E-state index in [0.717, 1.165) is 16.3 Å². The number of hydrogen-bond acceptors (Lipinski definition) is 5. The molecule has 0 saturated heterocycles. The van der Waals surface area contributed by atoms with Gasteiger partial charge in [-0.1, -0.05) is 66.7 Å². The molecule has 0 fully saturated rings. The van der Waals surface area contributed by atoms with E-state index in [1.54, 1.807) is 6.07 Å². The van der Waals surface area contributed by atoms with Crippen LogP contribution in [0, 0.1) is 5.92 Å². The van der Waals surface area contributed by atoms with Gasteiger partial charge >= 0.3 is 0 Å². The van der Waals surface area contributed by atoms with E-state index in [4.69, 9.17) is 0 Å². The van der Waals surface area contributed by atoms with Crippen molar-refractivity contribution in [3.05, 3.63) is 91.0 Å². The Morgan fingerprint density at radius 1 is 0.919 bits per heavy atom. The molecule has 3 rings (SSSR count). The number of carbonyl (C=O) groups excluding carboxylic acids is 3. The number of anilines is 1. The van der Waals surface area contributed by atoms with Crippen LogP contribution in [0.15, 0.2) is 85.5 Å². The Bertz CT molecular complexity index is 1210. The molecule has 0 aliphatic heterocycles. The smallest absolute Gasteiger partial charge is 0.249 e. The molecule has 0 aliphatic carbocycles. The van der Waals surface area contributed by atoms with Crippen LogP contribution in [0.25, 0.3) is 10.8 Å². The number of fused-ring (bicyclic) bond motifs is 1. The Morgan fingerprint density at radius 2 is 1.62 bits per heavy atom. The van der Waals surface area contributed by atoms with Crippen LogP contribution >= 0.6 is 0 Å². The molecule has 0 saturated carbocycles. The molecule has 2 atom stereocenters. The van der Waals surface area contributed by atoms with Gasteiger partial charge in [-0.25, -0.2) is 0 Å². The summed E-state index contributed by atoms with van der Waals surface area (Å²) in [4.78, 5) is 40.4. The second kappa shape index (κ2) is 13.9. The molecule has 8 heteroatoms. The Labute approximate surface area is 216 Å². The van der Waals surface area contributed by atoms with Crippen LogP contribution < -0.4 is 10.6 Å². The number of hydrogen-bond donors (Lipinski definition) is 4. The fourth-order valence-electron chi connectivity index (χ4n) is 4.02. The van der Waals surface area contributed by atoms with E-state index >= 15 is 0 Å². The Balaban J connectivity index is 1.64. The molecule has 0 aliphatic rings. The minimum Gasteiger partial charge on any atom is -0.395 e. The van der Waals surface area contributed by atoms with E-state index < -0.39 is 30.4 Å². The standard InChI is InChI=1S/C29H33N3O5/c1-2-8-24(18-27(35)32(15-16-33)19-21-9-4-3-5-10-21)28(36)31-26(20-34)29(37)30-25-14-13-22-11-6-7-12-23(22)17-25/h2-7,9-14,17,24,26,33-34H,1,8,15-16,18-20H2,(H,30,37)(H,31,36)/t24-,26-/m0/s1. The fourth-order valence-corrected chi connectivity index (χ4v) is 4.02. The highest BCUT2D eigenvalue weighted by molar-refractivity contribution is 5.99. The quantitative estimate of drug-likeness (QED) is 0.268. The summed E-state index contributed by atoms with van der Waals surface area (Å²) in [5, 5.41) is 26.5. The van der Waals surface area contributed by atoms with Crippen molar-refractivity contribution in [1.82, 2.24) is 10.2 Å². The molecular formula is C29H33N3O5. The van der Waals surface area contributed by atoms with Crippen molar-refractivity contribution in [3.8, 4) is 0 Å². The van der Waals surface area contributed by atoms with E-state index in [9.17, 15) is 24.6 Å². The number of nitrogens with zero attached hydrogens (tertiary/aromatic N) is 1. The van der Waals surface area contributed by atoms with Crippen LogP contribution in [0.4, 0.5) is 5.69 Å². The van der Waals surface area contributed by atoms with Gasteiger partial charge in [0.05, 0.1) is 19.1 Å². The number of rotatable bonds is 13. The van der Waals surface area contributed by atoms with Crippen LogP contribution in [-0.2, 0) is 20.9 Å². The number of aliphatic hydroxyl groups excluding tert-OH is 2. The van der Waals surface area contributed by atoms with Gasteiger partial charge in [0.25, 0.3) is 0 Å². The van der Waals surface area contributed by atoms with Crippen molar-refractivity contribution in [2.45, 2.75) is 25.4 Å². The monoisotopic (exact) mass is 503 g/mol. The van der Waals surface area contributed by atoms with E-state index in [2.05, 4.69) is 17.2 Å². The summed E-state index contributed by atoms with van der Waals surface area (Å²) < 4.78 is 0. The van der Waals surface area contributed by atoms with Crippen molar-refractivity contribution in [1.29, 1.82) is 0 Å². The third-order valence-electron chi connectivity index (χ3n) is 6.01. The van der Waals surface area contributed by atoms with Gasteiger partial charge in [-0.15, -0.1) is 6.58 Å². The highest BCUT2D eigenvalue weighted by Gasteiger charge is 2.28. The zero-order chi connectivity index (χ0) is 26.6. The summed E-state index contributed by atoms with van der Waals surface area (Å²) in [7, 11) is 0. The molecule has 3 aromatic rings. The molecule has 0 heterocycles. The molecule has 4 N–H and O–H groups in total. The molecule has 0 spiro atoms. The Kier molecular flexibility index (Phi) is 10.4. The van der Waals surface area contributed by atoms with Gasteiger partial charge in [-0.05, 0) is 34.9 Å². The largest absolute Gasteiger partial charge is 0.395 e. The van der Waals surface area contributed by atoms with Crippen molar-refractivity contribution >= 4 is 34.2 Å². The molecule has 8 nitrogen and oxygen atoms in total. The molecule has 0 aromatic heterocycles. The van der Waals surface area contributed by atoms with Gasteiger partial charge in [0.2, 0.25) is 17.7 Å². The summed E-state index contributed by atoms with van der Waals surface area (Å²) in [5.41, 5.74) is 1.44. The van der Waals surface area contributed by atoms with Crippen molar-refractivity contribution in [2.24, 2.45) is 5.92 Å². The highest BCUT2D eigenvalue weighted by atomic mass is 16.3. The second-order valence-electron chi connectivity index (χ2n) is 8.74. The molecule has 0 unspecified atom stereocenters. The first-order valence-electron chi connectivity index (χ1n) is 12.2. The molecule has 0 radical (unpaired) electrons. The van der Waals surface area contributed by atoms with Crippen molar-refractivity contribution in [2.75, 3.05) is 25.1 Å². The van der Waals surface area contributed by atoms with Crippen LogP contribution in [-0.4, -0.2) is 58.6 Å². The zero-order valence-corrected chi connectivity index (χ0v) is 20.7. The van der Waals surface area contributed by atoms with Crippen molar-refractivity contribution < 1.29 is 24.6 Å². The number of carbonyl (C=O) groups is 3. The maximum Gasteiger partial charge on any atom is 0.249 e. The molecule has 194 valence electrons. The van der Waals surface area contributed by atoms with Gasteiger partial charge in [-0.2, -0.15) is 0 Å². The van der Waals surface area contributed by atoms with Crippen LogP contribution in [0.3, 0.4) is 0 Å². The minimum absolute atomic E-state index is 0.129. The SMILES string of the molecule is C=CC[C@@H](CC(=O)N(CCO)Cc1ccccc1)C(=O)N[C@@H](CO)C(=O)Nc1ccc2ccccc2c1. The lowest BCUT2D eigenvalue weighted by Gasteiger charge is -2.25. The summed E-state index contributed by atoms with van der Waals surface area (Å²) in [6.45, 7) is 3.29. The number of aliphatic hydroxyl groups is 2. The summed E-state index contributed by atoms with van der Waals surface area (Å²) >= 11 is 0. The predicted molar refractivity (Wildman–Crippen MR) is 143 cm³/mol. The van der Waals surface area contributed by atoms with Crippen LogP contribution in [0.1, 0.15) is 18.4 Å². The lowest BCUT2D eigenvalue weighted by atomic mass is 9.98.